The lowest BCUT2D eigenvalue weighted by molar-refractivity contribution is -0.137. The summed E-state index contributed by atoms with van der Waals surface area (Å²) >= 11 is 0. The Balaban J connectivity index is 2.75. The number of benzene rings is 1. The number of carbonyl (C=O) groups excluding carboxylic acids is 1. The lowest BCUT2D eigenvalue weighted by Crippen LogP contribution is -2.36. The van der Waals surface area contributed by atoms with E-state index in [9.17, 15) is 9.59 Å². The minimum absolute atomic E-state index is 0.221. The van der Waals surface area contributed by atoms with Crippen molar-refractivity contribution in [3.63, 3.8) is 0 Å². The zero-order valence-electron chi connectivity index (χ0n) is 9.93. The molecule has 17 heavy (non-hydrogen) atoms. The van der Waals surface area contributed by atoms with E-state index in [-0.39, 0.29) is 12.5 Å². The highest BCUT2D eigenvalue weighted by Gasteiger charge is 2.17. The molecule has 92 valence electrons. The van der Waals surface area contributed by atoms with Gasteiger partial charge in [-0.15, -0.1) is 0 Å². The van der Waals surface area contributed by atoms with E-state index in [0.717, 1.165) is 12.8 Å². The Bertz CT molecular complexity index is 376. The number of nitrogens with zero attached hydrogens (tertiary/aromatic N) is 1. The number of hydrogen-bond acceptors (Lipinski definition) is 2. The molecule has 1 rings (SSSR count). The van der Waals surface area contributed by atoms with Gasteiger partial charge in [0.25, 0.3) is 5.91 Å². The molecular weight excluding hydrogens is 218 g/mol. The van der Waals surface area contributed by atoms with E-state index in [2.05, 4.69) is 0 Å². The van der Waals surface area contributed by atoms with Gasteiger partial charge in [-0.1, -0.05) is 31.5 Å². The number of carbonyl (C=O) groups is 2. The van der Waals surface area contributed by atoms with Crippen LogP contribution in [0.2, 0.25) is 0 Å². The Kier molecular flexibility index (Phi) is 5.20. The van der Waals surface area contributed by atoms with Crippen molar-refractivity contribution in [2.75, 3.05) is 13.1 Å². The van der Waals surface area contributed by atoms with E-state index >= 15 is 0 Å². The van der Waals surface area contributed by atoms with E-state index in [0.29, 0.717) is 12.1 Å². The molecule has 0 heterocycles. The third-order valence-electron chi connectivity index (χ3n) is 2.42. The molecule has 0 radical (unpaired) electrons. The molecule has 0 aliphatic carbocycles. The van der Waals surface area contributed by atoms with Crippen LogP contribution >= 0.6 is 0 Å². The molecule has 1 aromatic rings. The summed E-state index contributed by atoms with van der Waals surface area (Å²) in [6.45, 7) is 2.25. The Morgan fingerprint density at radius 2 is 1.88 bits per heavy atom. The number of aliphatic carboxylic acids is 1. The number of rotatable bonds is 6. The largest absolute Gasteiger partial charge is 0.480 e. The summed E-state index contributed by atoms with van der Waals surface area (Å²) in [4.78, 5) is 24.1. The van der Waals surface area contributed by atoms with Gasteiger partial charge in [0.2, 0.25) is 0 Å². The zero-order chi connectivity index (χ0) is 12.7. The van der Waals surface area contributed by atoms with Crippen molar-refractivity contribution in [3.8, 4) is 0 Å². The Morgan fingerprint density at radius 3 is 2.41 bits per heavy atom. The standard InChI is InChI=1S/C13H17NO3/c1-2-3-9-14(10-12(15)16)13(17)11-7-5-4-6-8-11/h4-8H,2-3,9-10H2,1H3,(H,15,16). The van der Waals surface area contributed by atoms with Crippen molar-refractivity contribution in [1.82, 2.24) is 4.90 Å². The van der Waals surface area contributed by atoms with Crippen LogP contribution in [0.5, 0.6) is 0 Å². The maximum Gasteiger partial charge on any atom is 0.323 e. The van der Waals surface area contributed by atoms with Crippen LogP contribution in [0.1, 0.15) is 30.1 Å². The average molecular weight is 235 g/mol. The second-order valence-electron chi connectivity index (χ2n) is 3.84. The summed E-state index contributed by atoms with van der Waals surface area (Å²) in [5, 5.41) is 8.79. The highest BCUT2D eigenvalue weighted by atomic mass is 16.4. The quantitative estimate of drug-likeness (QED) is 0.820. The minimum atomic E-state index is -0.981. The molecule has 0 spiro atoms. The Morgan fingerprint density at radius 1 is 1.24 bits per heavy atom. The van der Waals surface area contributed by atoms with Crippen molar-refractivity contribution < 1.29 is 14.7 Å². The van der Waals surface area contributed by atoms with Crippen molar-refractivity contribution >= 4 is 11.9 Å². The molecule has 1 amide bonds. The average Bonchev–Trinajstić information content (AvgIpc) is 2.34. The maximum absolute atomic E-state index is 12.0. The molecule has 0 saturated carbocycles. The first-order chi connectivity index (χ1) is 8.15. The van der Waals surface area contributed by atoms with Crippen molar-refractivity contribution in [2.24, 2.45) is 0 Å². The molecule has 0 bridgehead atoms. The van der Waals surface area contributed by atoms with Crippen LogP contribution in [0.3, 0.4) is 0 Å². The third-order valence-corrected chi connectivity index (χ3v) is 2.42. The molecule has 0 unspecified atom stereocenters. The summed E-state index contributed by atoms with van der Waals surface area (Å²) in [6, 6.07) is 8.76. The number of hydrogen-bond donors (Lipinski definition) is 1. The number of carboxylic acids is 1. The van der Waals surface area contributed by atoms with E-state index in [1.807, 2.05) is 13.0 Å². The summed E-state index contributed by atoms with van der Waals surface area (Å²) in [7, 11) is 0. The number of carboxylic acid groups (broad SMARTS) is 1. The van der Waals surface area contributed by atoms with Gasteiger partial charge < -0.3 is 10.0 Å². The lowest BCUT2D eigenvalue weighted by atomic mass is 10.2. The van der Waals surface area contributed by atoms with Gasteiger partial charge in [-0.05, 0) is 18.6 Å². The fraction of sp³-hybridized carbons (Fsp3) is 0.385. The van der Waals surface area contributed by atoms with Crippen molar-refractivity contribution in [1.29, 1.82) is 0 Å². The van der Waals surface area contributed by atoms with Crippen LogP contribution in [0, 0.1) is 0 Å². The maximum atomic E-state index is 12.0. The Hall–Kier alpha value is -1.84. The van der Waals surface area contributed by atoms with Gasteiger partial charge in [0.1, 0.15) is 6.54 Å². The van der Waals surface area contributed by atoms with Crippen LogP contribution in [0.25, 0.3) is 0 Å². The van der Waals surface area contributed by atoms with Gasteiger partial charge in [0.15, 0.2) is 0 Å². The molecule has 0 fully saturated rings. The number of amides is 1. The highest BCUT2D eigenvalue weighted by molar-refractivity contribution is 5.95. The molecule has 0 atom stereocenters. The monoisotopic (exact) mass is 235 g/mol. The molecule has 0 aliphatic rings. The molecule has 0 aliphatic heterocycles. The van der Waals surface area contributed by atoms with Gasteiger partial charge in [-0.25, -0.2) is 0 Å². The van der Waals surface area contributed by atoms with E-state index in [4.69, 9.17) is 5.11 Å². The predicted octanol–water partition coefficient (Wildman–Crippen LogP) is 2.01. The van der Waals surface area contributed by atoms with Gasteiger partial charge in [-0.2, -0.15) is 0 Å². The van der Waals surface area contributed by atoms with Gasteiger partial charge in [0, 0.05) is 12.1 Å². The molecule has 1 N–H and O–H groups in total. The minimum Gasteiger partial charge on any atom is -0.480 e. The summed E-state index contributed by atoms with van der Waals surface area (Å²) in [5.74, 6) is -1.20. The smallest absolute Gasteiger partial charge is 0.323 e. The third kappa shape index (κ3) is 4.26. The first-order valence-electron chi connectivity index (χ1n) is 5.71. The van der Waals surface area contributed by atoms with Crippen LogP contribution in [-0.2, 0) is 4.79 Å². The summed E-state index contributed by atoms with van der Waals surface area (Å²) in [6.07, 6.45) is 1.74. The summed E-state index contributed by atoms with van der Waals surface area (Å²) < 4.78 is 0. The first kappa shape index (κ1) is 13.2. The second kappa shape index (κ2) is 6.68. The van der Waals surface area contributed by atoms with Crippen molar-refractivity contribution in [2.45, 2.75) is 19.8 Å². The lowest BCUT2D eigenvalue weighted by Gasteiger charge is -2.20. The molecular formula is C13H17NO3. The fourth-order valence-electron chi connectivity index (χ4n) is 1.53. The van der Waals surface area contributed by atoms with E-state index in [1.165, 1.54) is 4.90 Å². The van der Waals surface area contributed by atoms with E-state index < -0.39 is 5.97 Å². The second-order valence-corrected chi connectivity index (χ2v) is 3.84. The van der Waals surface area contributed by atoms with Gasteiger partial charge >= 0.3 is 5.97 Å². The molecule has 4 heteroatoms. The molecule has 4 nitrogen and oxygen atoms in total. The zero-order valence-corrected chi connectivity index (χ0v) is 9.93. The first-order valence-corrected chi connectivity index (χ1v) is 5.71. The van der Waals surface area contributed by atoms with E-state index in [1.54, 1.807) is 24.3 Å². The molecule has 0 aromatic heterocycles. The van der Waals surface area contributed by atoms with Crippen LogP contribution < -0.4 is 0 Å². The highest BCUT2D eigenvalue weighted by Crippen LogP contribution is 2.06. The van der Waals surface area contributed by atoms with Crippen LogP contribution in [-0.4, -0.2) is 35.0 Å². The summed E-state index contributed by atoms with van der Waals surface area (Å²) in [5.41, 5.74) is 0.532. The molecule has 0 saturated heterocycles. The fourth-order valence-corrected chi connectivity index (χ4v) is 1.53. The topological polar surface area (TPSA) is 57.6 Å². The normalized spacial score (nSPS) is 9.94. The SMILES string of the molecule is CCCCN(CC(=O)O)C(=O)c1ccccc1. The van der Waals surface area contributed by atoms with Crippen LogP contribution in [0.15, 0.2) is 30.3 Å². The van der Waals surface area contributed by atoms with Crippen LogP contribution in [0.4, 0.5) is 0 Å². The predicted molar refractivity (Wildman–Crippen MR) is 64.9 cm³/mol. The molecule has 1 aromatic carbocycles. The number of unbranched alkanes of at least 4 members (excludes halogenated alkanes) is 1. The van der Waals surface area contributed by atoms with Gasteiger partial charge in [0.05, 0.1) is 0 Å². The van der Waals surface area contributed by atoms with Gasteiger partial charge in [-0.3, -0.25) is 9.59 Å². The van der Waals surface area contributed by atoms with Crippen molar-refractivity contribution in [3.05, 3.63) is 35.9 Å². The Labute approximate surface area is 101 Å².